The fourth-order valence-corrected chi connectivity index (χ4v) is 6.43. The molecule has 0 N–H and O–H groups in total. The molecular formula is C27H24Cl2N2O4. The predicted octanol–water partition coefficient (Wildman–Crippen LogP) is 5.36. The quantitative estimate of drug-likeness (QED) is 0.285. The lowest BCUT2D eigenvalue weighted by Gasteiger charge is -2.37. The van der Waals surface area contributed by atoms with Crippen LogP contribution in [0, 0.1) is 35.5 Å². The number of hydrogen-bond donors (Lipinski definition) is 0. The highest BCUT2D eigenvalue weighted by Crippen LogP contribution is 2.65. The lowest BCUT2D eigenvalue weighted by molar-refractivity contribution is -0.140. The summed E-state index contributed by atoms with van der Waals surface area (Å²) in [7, 11) is 0. The van der Waals surface area contributed by atoms with Gasteiger partial charge in [0, 0.05) is 15.6 Å². The molecule has 6 atom stereocenters. The van der Waals surface area contributed by atoms with Crippen LogP contribution in [0.4, 0.5) is 0 Å². The molecule has 1 aliphatic heterocycles. The van der Waals surface area contributed by atoms with Gasteiger partial charge in [0.05, 0.1) is 24.7 Å². The Hall–Kier alpha value is -2.83. The van der Waals surface area contributed by atoms with Gasteiger partial charge in [-0.3, -0.25) is 9.59 Å². The van der Waals surface area contributed by atoms with Crippen LogP contribution < -0.4 is 9.47 Å². The third-order valence-corrected chi connectivity index (χ3v) is 8.21. The standard InChI is InChI=1S/C27H24Cl2N2O4/c1-2-34-23-9-14(3-8-22(23)35-13-15-4-5-16(28)10-21(15)29)12-30-31-26(32)24-17-6-7-18(20-11-19(17)20)25(24)27(31)33/h3-10,12,17-20,24-25H,2,11,13H2,1H3/t17-,18-,19-,20+,24+,25+/m0/s1. The summed E-state index contributed by atoms with van der Waals surface area (Å²) < 4.78 is 11.7. The number of imide groups is 1. The fraction of sp³-hybridized carbons (Fsp3) is 0.370. The van der Waals surface area contributed by atoms with Crippen LogP contribution in [-0.2, 0) is 16.2 Å². The van der Waals surface area contributed by atoms with E-state index in [0.717, 1.165) is 17.0 Å². The molecule has 6 nitrogen and oxygen atoms in total. The van der Waals surface area contributed by atoms with Gasteiger partial charge >= 0.3 is 0 Å². The number of carbonyl (C=O) groups is 2. The number of amides is 2. The Morgan fingerprint density at radius 1 is 0.971 bits per heavy atom. The highest BCUT2D eigenvalue weighted by atomic mass is 35.5. The maximum absolute atomic E-state index is 13.1. The zero-order chi connectivity index (χ0) is 24.3. The van der Waals surface area contributed by atoms with Gasteiger partial charge in [-0.05, 0) is 72.9 Å². The van der Waals surface area contributed by atoms with Crippen molar-refractivity contribution < 1.29 is 19.1 Å². The van der Waals surface area contributed by atoms with Crippen molar-refractivity contribution in [3.8, 4) is 11.5 Å². The summed E-state index contributed by atoms with van der Waals surface area (Å²) in [6, 6.07) is 10.6. The number of hydrazone groups is 1. The maximum Gasteiger partial charge on any atom is 0.254 e. The first-order valence-corrected chi connectivity index (χ1v) is 12.7. The number of carbonyl (C=O) groups excluding carboxylic acids is 2. The molecule has 2 amide bonds. The first kappa shape index (κ1) is 22.6. The molecule has 8 heteroatoms. The third kappa shape index (κ3) is 3.83. The van der Waals surface area contributed by atoms with E-state index in [1.807, 2.05) is 19.1 Å². The minimum absolute atomic E-state index is 0.175. The van der Waals surface area contributed by atoms with Gasteiger partial charge in [0.1, 0.15) is 6.61 Å². The van der Waals surface area contributed by atoms with E-state index in [2.05, 4.69) is 17.3 Å². The number of rotatable bonds is 7. The molecule has 0 aromatic heterocycles. The topological polar surface area (TPSA) is 68.2 Å². The van der Waals surface area contributed by atoms with Crippen LogP contribution in [0.3, 0.4) is 0 Å². The van der Waals surface area contributed by atoms with E-state index in [9.17, 15) is 9.59 Å². The van der Waals surface area contributed by atoms with E-state index < -0.39 is 0 Å². The molecule has 0 spiro atoms. The molecule has 4 aliphatic carbocycles. The summed E-state index contributed by atoms with van der Waals surface area (Å²) >= 11 is 12.2. The monoisotopic (exact) mass is 510 g/mol. The predicted molar refractivity (Wildman–Crippen MR) is 133 cm³/mol. The molecule has 1 heterocycles. The summed E-state index contributed by atoms with van der Waals surface area (Å²) in [5.74, 6) is 1.72. The Morgan fingerprint density at radius 2 is 1.69 bits per heavy atom. The molecule has 5 aliphatic rings. The number of allylic oxidation sites excluding steroid dienone is 2. The minimum atomic E-state index is -0.257. The van der Waals surface area contributed by atoms with Gasteiger partial charge < -0.3 is 9.47 Å². The molecular weight excluding hydrogens is 487 g/mol. The smallest absolute Gasteiger partial charge is 0.254 e. The van der Waals surface area contributed by atoms with Crippen LogP contribution in [0.5, 0.6) is 11.5 Å². The maximum atomic E-state index is 13.1. The first-order valence-electron chi connectivity index (χ1n) is 11.9. The zero-order valence-corrected chi connectivity index (χ0v) is 20.6. The van der Waals surface area contributed by atoms with Gasteiger partial charge in [-0.25, -0.2) is 0 Å². The van der Waals surface area contributed by atoms with Crippen molar-refractivity contribution in [2.45, 2.75) is 20.0 Å². The first-order chi connectivity index (χ1) is 17.0. The SMILES string of the molecule is CCOc1cc(C=NN2C(=O)[C@@H]3[C@H]4C=C[C@@H]([C@@H]5C[C@H]45)[C@H]3C2=O)ccc1OCc1ccc(Cl)cc1Cl. The van der Waals surface area contributed by atoms with Crippen LogP contribution in [-0.4, -0.2) is 29.6 Å². The van der Waals surface area contributed by atoms with Gasteiger partial charge in [0.15, 0.2) is 11.5 Å². The fourth-order valence-electron chi connectivity index (χ4n) is 5.97. The molecule has 0 unspecified atom stereocenters. The van der Waals surface area contributed by atoms with E-state index in [1.54, 1.807) is 24.3 Å². The molecule has 0 radical (unpaired) electrons. The second-order valence-corrected chi connectivity index (χ2v) is 10.4. The third-order valence-electron chi connectivity index (χ3n) is 7.63. The van der Waals surface area contributed by atoms with Crippen LogP contribution >= 0.6 is 23.2 Å². The van der Waals surface area contributed by atoms with E-state index in [1.165, 1.54) is 6.21 Å². The summed E-state index contributed by atoms with van der Waals surface area (Å²) in [6.45, 7) is 2.58. The largest absolute Gasteiger partial charge is 0.490 e. The number of hydrogen-bond acceptors (Lipinski definition) is 5. The number of halogens is 2. The minimum Gasteiger partial charge on any atom is -0.490 e. The Kier molecular flexibility index (Phi) is 5.61. The molecule has 1 saturated heterocycles. The number of nitrogens with zero attached hydrogens (tertiary/aromatic N) is 2. The molecule has 35 heavy (non-hydrogen) atoms. The molecule has 2 saturated carbocycles. The van der Waals surface area contributed by atoms with E-state index in [0.29, 0.717) is 45.6 Å². The van der Waals surface area contributed by atoms with Crippen molar-refractivity contribution in [2.24, 2.45) is 40.6 Å². The Morgan fingerprint density at radius 3 is 2.34 bits per heavy atom. The Balaban J connectivity index is 1.19. The Labute approximate surface area is 213 Å². The van der Waals surface area contributed by atoms with E-state index in [4.69, 9.17) is 32.7 Å². The molecule has 180 valence electrons. The number of benzene rings is 2. The molecule has 2 aromatic rings. The Bertz CT molecular complexity index is 1240. The summed E-state index contributed by atoms with van der Waals surface area (Å²) in [5, 5.41) is 6.49. The van der Waals surface area contributed by atoms with Crippen LogP contribution in [0.15, 0.2) is 53.7 Å². The van der Waals surface area contributed by atoms with Crippen LogP contribution in [0.25, 0.3) is 0 Å². The van der Waals surface area contributed by atoms with Gasteiger partial charge in [0.2, 0.25) is 0 Å². The van der Waals surface area contributed by atoms with Crippen LogP contribution in [0.1, 0.15) is 24.5 Å². The molecule has 2 bridgehead atoms. The van der Waals surface area contributed by atoms with Crippen molar-refractivity contribution in [2.75, 3.05) is 6.61 Å². The zero-order valence-electron chi connectivity index (χ0n) is 19.1. The van der Waals surface area contributed by atoms with Crippen molar-refractivity contribution in [1.29, 1.82) is 0 Å². The highest BCUT2D eigenvalue weighted by molar-refractivity contribution is 6.35. The van der Waals surface area contributed by atoms with E-state index in [-0.39, 0.29) is 42.1 Å². The van der Waals surface area contributed by atoms with Gasteiger partial charge in [0.25, 0.3) is 11.8 Å². The lowest BCUT2D eigenvalue weighted by Crippen LogP contribution is -2.40. The average Bonchev–Trinajstić information content (AvgIpc) is 3.63. The second kappa shape index (κ2) is 8.68. The average molecular weight is 511 g/mol. The summed E-state index contributed by atoms with van der Waals surface area (Å²) in [4.78, 5) is 26.2. The van der Waals surface area contributed by atoms with Crippen molar-refractivity contribution in [3.63, 3.8) is 0 Å². The van der Waals surface area contributed by atoms with Gasteiger partial charge in [-0.2, -0.15) is 10.1 Å². The number of ether oxygens (including phenoxy) is 2. The van der Waals surface area contributed by atoms with Gasteiger partial charge in [-0.15, -0.1) is 0 Å². The molecule has 2 aromatic carbocycles. The summed E-state index contributed by atoms with van der Waals surface area (Å²) in [5.41, 5.74) is 1.50. The van der Waals surface area contributed by atoms with Crippen molar-refractivity contribution in [1.82, 2.24) is 5.01 Å². The van der Waals surface area contributed by atoms with Crippen molar-refractivity contribution >= 4 is 41.2 Å². The molecule has 7 rings (SSSR count). The second-order valence-electron chi connectivity index (χ2n) is 9.55. The normalized spacial score (nSPS) is 30.1. The highest BCUT2D eigenvalue weighted by Gasteiger charge is 2.67. The van der Waals surface area contributed by atoms with E-state index >= 15 is 0 Å². The van der Waals surface area contributed by atoms with Gasteiger partial charge in [-0.1, -0.05) is 41.4 Å². The van der Waals surface area contributed by atoms with Crippen LogP contribution in [0.2, 0.25) is 10.0 Å². The summed E-state index contributed by atoms with van der Waals surface area (Å²) in [6.07, 6.45) is 6.98. The lowest BCUT2D eigenvalue weighted by atomic mass is 9.63. The van der Waals surface area contributed by atoms with Crippen molar-refractivity contribution in [3.05, 3.63) is 69.7 Å². The molecule has 3 fully saturated rings.